The first-order valence-corrected chi connectivity index (χ1v) is 7.53. The van der Waals surface area contributed by atoms with Gasteiger partial charge in [0.1, 0.15) is 0 Å². The van der Waals surface area contributed by atoms with Gasteiger partial charge in [-0.05, 0) is 13.3 Å². The molecule has 0 aliphatic heterocycles. The average Bonchev–Trinajstić information content (AvgIpc) is 2.25. The first kappa shape index (κ1) is 19.8. The molecule has 0 fully saturated rings. The molecule has 0 heterocycles. The van der Waals surface area contributed by atoms with Gasteiger partial charge in [-0.2, -0.15) is 0 Å². The molecule has 1 unspecified atom stereocenters. The second kappa shape index (κ2) is 16.4. The summed E-state index contributed by atoms with van der Waals surface area (Å²) in [7, 11) is 0. The van der Waals surface area contributed by atoms with E-state index in [0.717, 1.165) is 0 Å². The zero-order chi connectivity index (χ0) is 12.1. The Labute approximate surface area is 120 Å². The number of hydrogen-bond donors (Lipinski definition) is 1. The number of hydrogen-bond acceptors (Lipinski definition) is 1. The third kappa shape index (κ3) is 19.0. The van der Waals surface area contributed by atoms with E-state index >= 15 is 0 Å². The smallest absolute Gasteiger partial charge is 0.00104 e. The lowest BCUT2D eigenvalue weighted by molar-refractivity contribution is 0.530. The Morgan fingerprint density at radius 2 is 1.06 bits per heavy atom. The van der Waals surface area contributed by atoms with Crippen molar-refractivity contribution in [3.05, 3.63) is 0 Å². The summed E-state index contributed by atoms with van der Waals surface area (Å²) in [6, 6.07) is 0.401. The molecule has 1 atom stereocenters. The van der Waals surface area contributed by atoms with Gasteiger partial charge in [-0.3, -0.25) is 0 Å². The Kier molecular flexibility index (Phi) is 19.1. The van der Waals surface area contributed by atoms with Gasteiger partial charge in [0, 0.05) is 6.04 Å². The largest absolute Gasteiger partial charge is 0.328 e. The lowest BCUT2D eigenvalue weighted by Gasteiger charge is -2.04. The van der Waals surface area contributed by atoms with Crippen molar-refractivity contribution in [2.45, 2.75) is 96.9 Å². The van der Waals surface area contributed by atoms with Gasteiger partial charge in [-0.1, -0.05) is 77.6 Å². The lowest BCUT2D eigenvalue weighted by atomic mass is 10.0. The lowest BCUT2D eigenvalue weighted by Crippen LogP contribution is -2.13. The van der Waals surface area contributed by atoms with Crippen LogP contribution in [0.2, 0.25) is 0 Å². The maximum atomic E-state index is 5.71. The van der Waals surface area contributed by atoms with E-state index < -0.39 is 0 Å². The molecule has 2 heteroatoms. The molecule has 106 valence electrons. The van der Waals surface area contributed by atoms with E-state index in [0.29, 0.717) is 6.04 Å². The molecule has 1 nitrogen and oxygen atoms in total. The van der Waals surface area contributed by atoms with Crippen molar-refractivity contribution >= 4 is 17.0 Å². The van der Waals surface area contributed by atoms with Gasteiger partial charge >= 0.3 is 0 Å². The highest BCUT2D eigenvalue weighted by molar-refractivity contribution is 8.93. The molecule has 0 aromatic carbocycles. The summed E-state index contributed by atoms with van der Waals surface area (Å²) in [4.78, 5) is 0. The van der Waals surface area contributed by atoms with E-state index in [-0.39, 0.29) is 17.0 Å². The van der Waals surface area contributed by atoms with Crippen LogP contribution in [0.25, 0.3) is 0 Å². The van der Waals surface area contributed by atoms with Crippen LogP contribution in [-0.4, -0.2) is 6.04 Å². The van der Waals surface area contributed by atoms with Crippen LogP contribution in [0, 0.1) is 0 Å². The topological polar surface area (TPSA) is 26.0 Å². The van der Waals surface area contributed by atoms with Crippen LogP contribution in [0.15, 0.2) is 0 Å². The average molecular weight is 308 g/mol. The number of rotatable bonds is 12. The van der Waals surface area contributed by atoms with Crippen molar-refractivity contribution in [1.82, 2.24) is 0 Å². The summed E-state index contributed by atoms with van der Waals surface area (Å²) in [5.74, 6) is 0. The van der Waals surface area contributed by atoms with Crippen LogP contribution in [0.5, 0.6) is 0 Å². The summed E-state index contributed by atoms with van der Waals surface area (Å²) in [6.45, 7) is 4.39. The van der Waals surface area contributed by atoms with Gasteiger partial charge in [0.2, 0.25) is 0 Å². The minimum Gasteiger partial charge on any atom is -0.328 e. The quantitative estimate of drug-likeness (QED) is 0.466. The van der Waals surface area contributed by atoms with Crippen LogP contribution in [0.4, 0.5) is 0 Å². The van der Waals surface area contributed by atoms with Gasteiger partial charge in [0.25, 0.3) is 0 Å². The van der Waals surface area contributed by atoms with Gasteiger partial charge in [-0.25, -0.2) is 0 Å². The molecule has 0 aromatic heterocycles. The van der Waals surface area contributed by atoms with Crippen LogP contribution in [-0.2, 0) is 0 Å². The van der Waals surface area contributed by atoms with Crippen LogP contribution >= 0.6 is 17.0 Å². The molecule has 0 aliphatic carbocycles. The fourth-order valence-corrected chi connectivity index (χ4v) is 2.13. The maximum absolute atomic E-state index is 5.71. The molecule has 0 saturated carbocycles. The monoisotopic (exact) mass is 307 g/mol. The van der Waals surface area contributed by atoms with Gasteiger partial charge in [-0.15, -0.1) is 17.0 Å². The highest BCUT2D eigenvalue weighted by atomic mass is 79.9. The summed E-state index contributed by atoms with van der Waals surface area (Å²) in [5, 5.41) is 0. The van der Waals surface area contributed by atoms with Crippen LogP contribution < -0.4 is 5.73 Å². The molecular weight excluding hydrogens is 274 g/mol. The van der Waals surface area contributed by atoms with E-state index in [1.165, 1.54) is 77.0 Å². The predicted molar refractivity (Wildman–Crippen MR) is 85.0 cm³/mol. The third-order valence-electron chi connectivity index (χ3n) is 3.26. The summed E-state index contributed by atoms with van der Waals surface area (Å²) in [5.41, 5.74) is 5.71. The zero-order valence-electron chi connectivity index (χ0n) is 12.0. The summed E-state index contributed by atoms with van der Waals surface area (Å²) < 4.78 is 0. The zero-order valence-corrected chi connectivity index (χ0v) is 13.8. The molecule has 0 radical (unpaired) electrons. The number of nitrogens with two attached hydrogens (primary N) is 1. The SMILES string of the molecule is Br.CCCCCCCCCCCCCC(C)N. The van der Waals surface area contributed by atoms with E-state index in [9.17, 15) is 0 Å². The highest BCUT2D eigenvalue weighted by Crippen LogP contribution is 2.12. The van der Waals surface area contributed by atoms with Crippen molar-refractivity contribution < 1.29 is 0 Å². The molecule has 0 amide bonds. The fourth-order valence-electron chi connectivity index (χ4n) is 2.13. The number of unbranched alkanes of at least 4 members (excludes halogenated alkanes) is 10. The Bertz CT molecular complexity index is 126. The molecule has 0 spiro atoms. The van der Waals surface area contributed by atoms with Crippen molar-refractivity contribution in [2.24, 2.45) is 5.73 Å². The third-order valence-corrected chi connectivity index (χ3v) is 3.26. The van der Waals surface area contributed by atoms with Crippen LogP contribution in [0.1, 0.15) is 90.9 Å². The maximum Gasteiger partial charge on any atom is 0.00104 e. The van der Waals surface area contributed by atoms with Crippen molar-refractivity contribution in [1.29, 1.82) is 0 Å². The minimum absolute atomic E-state index is 0. The fraction of sp³-hybridized carbons (Fsp3) is 1.00. The first-order chi connectivity index (χ1) is 7.77. The minimum atomic E-state index is 0. The highest BCUT2D eigenvalue weighted by Gasteiger charge is 1.95. The Hall–Kier alpha value is 0.440. The van der Waals surface area contributed by atoms with E-state index in [2.05, 4.69) is 13.8 Å². The molecule has 0 bridgehead atoms. The second-order valence-electron chi connectivity index (χ2n) is 5.30. The molecule has 0 aliphatic rings. The van der Waals surface area contributed by atoms with Gasteiger partial charge in [0.15, 0.2) is 0 Å². The molecular formula is C15H34BrN. The predicted octanol–water partition coefficient (Wildman–Crippen LogP) is 5.61. The van der Waals surface area contributed by atoms with Crippen molar-refractivity contribution in [3.63, 3.8) is 0 Å². The van der Waals surface area contributed by atoms with E-state index in [4.69, 9.17) is 5.73 Å². The molecule has 2 N–H and O–H groups in total. The van der Waals surface area contributed by atoms with Crippen molar-refractivity contribution in [3.8, 4) is 0 Å². The Balaban J connectivity index is 0. The molecule has 0 aromatic rings. The molecule has 0 saturated heterocycles. The Morgan fingerprint density at radius 3 is 1.41 bits per heavy atom. The number of halogens is 1. The Morgan fingerprint density at radius 1 is 0.706 bits per heavy atom. The standard InChI is InChI=1S/C15H33N.BrH/c1-3-4-5-6-7-8-9-10-11-12-13-14-15(2)16;/h15H,3-14,16H2,1-2H3;1H. The van der Waals surface area contributed by atoms with Gasteiger partial charge < -0.3 is 5.73 Å². The normalized spacial score (nSPS) is 12.2. The van der Waals surface area contributed by atoms with Gasteiger partial charge in [0.05, 0.1) is 0 Å². The second-order valence-corrected chi connectivity index (χ2v) is 5.30. The molecule has 0 rings (SSSR count). The summed E-state index contributed by atoms with van der Waals surface area (Å²) in [6.07, 6.45) is 16.8. The van der Waals surface area contributed by atoms with Crippen molar-refractivity contribution in [2.75, 3.05) is 0 Å². The van der Waals surface area contributed by atoms with E-state index in [1.54, 1.807) is 0 Å². The summed E-state index contributed by atoms with van der Waals surface area (Å²) >= 11 is 0. The van der Waals surface area contributed by atoms with E-state index in [1.807, 2.05) is 0 Å². The molecule has 17 heavy (non-hydrogen) atoms. The first-order valence-electron chi connectivity index (χ1n) is 7.53. The van der Waals surface area contributed by atoms with Crippen LogP contribution in [0.3, 0.4) is 0 Å².